The van der Waals surface area contributed by atoms with Crippen LogP contribution in [-0.2, 0) is 7.05 Å². The number of rotatable bonds is 3. The summed E-state index contributed by atoms with van der Waals surface area (Å²) in [6.07, 6.45) is 2.82. The molecule has 0 saturated heterocycles. The van der Waals surface area contributed by atoms with Crippen LogP contribution < -0.4 is 4.74 Å². The zero-order valence-electron chi connectivity index (χ0n) is 8.45. The van der Waals surface area contributed by atoms with E-state index in [2.05, 4.69) is 18.9 Å². The summed E-state index contributed by atoms with van der Waals surface area (Å²) in [6, 6.07) is 2.04. The van der Waals surface area contributed by atoms with Crippen LogP contribution in [-0.4, -0.2) is 15.9 Å². The Hall–Kier alpha value is -0.990. The van der Waals surface area contributed by atoms with Crippen molar-refractivity contribution in [3.63, 3.8) is 0 Å². The predicted molar refractivity (Wildman–Crippen MR) is 50.9 cm³/mol. The topological polar surface area (TPSA) is 27.1 Å². The number of aryl methyl sites for hydroxylation is 1. The molecule has 0 atom stereocenters. The molecule has 3 heteroatoms. The molecule has 72 valence electrons. The third-order valence-corrected chi connectivity index (χ3v) is 2.30. The zero-order chi connectivity index (χ0) is 9.42. The van der Waals surface area contributed by atoms with Crippen LogP contribution in [0.5, 0.6) is 5.88 Å². The van der Waals surface area contributed by atoms with E-state index in [1.807, 2.05) is 17.8 Å². The van der Waals surface area contributed by atoms with Gasteiger partial charge in [0.1, 0.15) is 6.10 Å². The maximum absolute atomic E-state index is 5.60. The first-order valence-corrected chi connectivity index (χ1v) is 4.87. The van der Waals surface area contributed by atoms with Gasteiger partial charge in [0.05, 0.1) is 0 Å². The molecule has 13 heavy (non-hydrogen) atoms. The monoisotopic (exact) mass is 180 g/mol. The first kappa shape index (κ1) is 8.60. The van der Waals surface area contributed by atoms with E-state index in [0.29, 0.717) is 12.0 Å². The summed E-state index contributed by atoms with van der Waals surface area (Å²) < 4.78 is 7.51. The van der Waals surface area contributed by atoms with E-state index in [-0.39, 0.29) is 0 Å². The molecule has 1 fully saturated rings. The van der Waals surface area contributed by atoms with Gasteiger partial charge in [-0.1, -0.05) is 13.8 Å². The molecule has 0 amide bonds. The van der Waals surface area contributed by atoms with Gasteiger partial charge in [0.15, 0.2) is 0 Å². The van der Waals surface area contributed by atoms with Gasteiger partial charge < -0.3 is 4.74 Å². The summed E-state index contributed by atoms with van der Waals surface area (Å²) in [4.78, 5) is 0. The Bertz CT molecular complexity index is 300. The number of hydrogen-bond acceptors (Lipinski definition) is 2. The summed E-state index contributed by atoms with van der Waals surface area (Å²) in [5, 5.41) is 4.31. The Kier molecular flexibility index (Phi) is 2.02. The van der Waals surface area contributed by atoms with Crippen molar-refractivity contribution in [3.8, 4) is 5.88 Å². The van der Waals surface area contributed by atoms with Gasteiger partial charge in [0, 0.05) is 18.8 Å². The van der Waals surface area contributed by atoms with Crippen LogP contribution in [0.3, 0.4) is 0 Å². The lowest BCUT2D eigenvalue weighted by molar-refractivity contribution is 0.288. The fourth-order valence-corrected chi connectivity index (χ4v) is 1.41. The van der Waals surface area contributed by atoms with Crippen LogP contribution in [0.25, 0.3) is 0 Å². The summed E-state index contributed by atoms with van der Waals surface area (Å²) in [7, 11) is 1.97. The molecule has 0 aromatic carbocycles. The van der Waals surface area contributed by atoms with Crippen LogP contribution in [0.2, 0.25) is 0 Å². The number of ether oxygens (including phenoxy) is 1. The molecule has 0 spiro atoms. The molecule has 1 aromatic heterocycles. The van der Waals surface area contributed by atoms with Crippen molar-refractivity contribution in [2.45, 2.75) is 38.7 Å². The predicted octanol–water partition coefficient (Wildman–Crippen LogP) is 2.08. The van der Waals surface area contributed by atoms with Crippen molar-refractivity contribution in [3.05, 3.63) is 11.8 Å². The molecule has 0 N–H and O–H groups in total. The molecule has 1 saturated carbocycles. The van der Waals surface area contributed by atoms with Gasteiger partial charge in [-0.3, -0.25) is 4.68 Å². The van der Waals surface area contributed by atoms with Crippen LogP contribution in [0.4, 0.5) is 0 Å². The van der Waals surface area contributed by atoms with E-state index in [0.717, 1.165) is 5.88 Å². The summed E-state index contributed by atoms with van der Waals surface area (Å²) >= 11 is 0. The number of nitrogens with zero attached hydrogens (tertiary/aromatic N) is 2. The third kappa shape index (κ3) is 1.85. The Morgan fingerprint density at radius 3 is 2.69 bits per heavy atom. The lowest BCUT2D eigenvalue weighted by Crippen LogP contribution is -2.00. The first-order valence-electron chi connectivity index (χ1n) is 4.87. The normalized spacial score (nSPS) is 16.6. The van der Waals surface area contributed by atoms with Crippen LogP contribution >= 0.6 is 0 Å². The summed E-state index contributed by atoms with van der Waals surface area (Å²) in [6.45, 7) is 4.33. The summed E-state index contributed by atoms with van der Waals surface area (Å²) in [5.41, 5.74) is 1.23. The van der Waals surface area contributed by atoms with Crippen molar-refractivity contribution >= 4 is 0 Å². The van der Waals surface area contributed by atoms with E-state index < -0.39 is 0 Å². The minimum Gasteiger partial charge on any atom is -0.473 e. The van der Waals surface area contributed by atoms with Crippen molar-refractivity contribution in [1.29, 1.82) is 0 Å². The highest BCUT2D eigenvalue weighted by atomic mass is 16.5. The van der Waals surface area contributed by atoms with Gasteiger partial charge in [-0.2, -0.15) is 0 Å². The van der Waals surface area contributed by atoms with Crippen molar-refractivity contribution in [1.82, 2.24) is 9.78 Å². The van der Waals surface area contributed by atoms with Gasteiger partial charge in [-0.25, -0.2) is 0 Å². The minimum atomic E-state index is 0.440. The first-order chi connectivity index (χ1) is 6.16. The van der Waals surface area contributed by atoms with Crippen LogP contribution in [0, 0.1) is 0 Å². The lowest BCUT2D eigenvalue weighted by Gasteiger charge is -2.02. The molecule has 1 aliphatic rings. The van der Waals surface area contributed by atoms with Crippen molar-refractivity contribution in [2.24, 2.45) is 7.05 Å². The fraction of sp³-hybridized carbons (Fsp3) is 0.700. The second kappa shape index (κ2) is 3.05. The smallest absolute Gasteiger partial charge is 0.233 e. The van der Waals surface area contributed by atoms with E-state index in [4.69, 9.17) is 4.74 Å². The average molecular weight is 180 g/mol. The van der Waals surface area contributed by atoms with Crippen molar-refractivity contribution in [2.75, 3.05) is 0 Å². The second-order valence-corrected chi connectivity index (χ2v) is 4.00. The summed E-state index contributed by atoms with van der Waals surface area (Å²) in [5.74, 6) is 1.29. The molecular formula is C10H16N2O. The molecule has 1 aliphatic carbocycles. The highest BCUT2D eigenvalue weighted by Gasteiger charge is 2.25. The second-order valence-electron chi connectivity index (χ2n) is 4.00. The van der Waals surface area contributed by atoms with E-state index in [1.54, 1.807) is 0 Å². The van der Waals surface area contributed by atoms with E-state index in [9.17, 15) is 0 Å². The maximum atomic E-state index is 5.60. The van der Waals surface area contributed by atoms with Crippen LogP contribution in [0.1, 0.15) is 38.3 Å². The largest absolute Gasteiger partial charge is 0.473 e. The minimum absolute atomic E-state index is 0.440. The molecule has 0 bridgehead atoms. The van der Waals surface area contributed by atoms with E-state index >= 15 is 0 Å². The molecule has 0 aliphatic heterocycles. The molecule has 3 nitrogen and oxygen atoms in total. The zero-order valence-corrected chi connectivity index (χ0v) is 8.45. The number of aromatic nitrogens is 2. The van der Waals surface area contributed by atoms with Crippen LogP contribution in [0.15, 0.2) is 6.07 Å². The van der Waals surface area contributed by atoms with E-state index in [1.165, 1.54) is 18.5 Å². The molecule has 2 rings (SSSR count). The van der Waals surface area contributed by atoms with Gasteiger partial charge in [0.2, 0.25) is 5.88 Å². The molecule has 1 heterocycles. The molecule has 1 aromatic rings. The number of hydrogen-bond donors (Lipinski definition) is 0. The van der Waals surface area contributed by atoms with Crippen molar-refractivity contribution < 1.29 is 4.74 Å². The molecule has 0 radical (unpaired) electrons. The highest BCUT2D eigenvalue weighted by Crippen LogP contribution is 2.27. The molecular weight excluding hydrogens is 164 g/mol. The van der Waals surface area contributed by atoms with Gasteiger partial charge in [-0.05, 0) is 18.8 Å². The maximum Gasteiger partial charge on any atom is 0.233 e. The Balaban J connectivity index is 2.13. The average Bonchev–Trinajstić information content (AvgIpc) is 2.75. The third-order valence-electron chi connectivity index (χ3n) is 2.30. The SMILES string of the molecule is CC(C)c1cc(OC2CC2)nn1C. The van der Waals surface area contributed by atoms with Gasteiger partial charge >= 0.3 is 0 Å². The standard InChI is InChI=1S/C10H16N2O/c1-7(2)9-6-10(11-12(9)3)13-8-4-5-8/h6-8H,4-5H2,1-3H3. The lowest BCUT2D eigenvalue weighted by atomic mass is 10.1. The molecule has 0 unspecified atom stereocenters. The van der Waals surface area contributed by atoms with Gasteiger partial charge in [0.25, 0.3) is 0 Å². The Morgan fingerprint density at radius 2 is 2.23 bits per heavy atom. The van der Waals surface area contributed by atoms with Gasteiger partial charge in [-0.15, -0.1) is 5.10 Å². The Morgan fingerprint density at radius 1 is 1.54 bits per heavy atom. The Labute approximate surface area is 78.7 Å². The quantitative estimate of drug-likeness (QED) is 0.712. The fourth-order valence-electron chi connectivity index (χ4n) is 1.41. The highest BCUT2D eigenvalue weighted by molar-refractivity contribution is 5.18.